The second-order valence-corrected chi connectivity index (χ2v) is 7.11. The molecule has 1 amide bonds. The summed E-state index contributed by atoms with van der Waals surface area (Å²) in [5.41, 5.74) is 3.12. The van der Waals surface area contributed by atoms with Crippen LogP contribution in [0.2, 0.25) is 0 Å². The number of aromatic nitrogens is 1. The van der Waals surface area contributed by atoms with Gasteiger partial charge in [0.15, 0.2) is 11.9 Å². The summed E-state index contributed by atoms with van der Waals surface area (Å²) in [6.07, 6.45) is 1.13. The number of nitrogens with one attached hydrogen (secondary N) is 2. The molecule has 0 spiro atoms. The molecule has 2 aliphatic heterocycles. The van der Waals surface area contributed by atoms with Gasteiger partial charge in [0.2, 0.25) is 5.78 Å². The molecule has 1 aromatic heterocycles. The number of carbonyl (C=O) groups excluding carboxylic acids is 2. The number of aliphatic imine (C=N–C) groups is 1. The van der Waals surface area contributed by atoms with E-state index in [1.54, 1.807) is 26.3 Å². The molecule has 2 atom stereocenters. The highest BCUT2D eigenvalue weighted by Gasteiger charge is 2.35. The Bertz CT molecular complexity index is 974. The highest BCUT2D eigenvalue weighted by atomic mass is 16.5. The van der Waals surface area contributed by atoms with Crippen molar-refractivity contribution < 1.29 is 19.1 Å². The molecule has 27 heavy (non-hydrogen) atoms. The van der Waals surface area contributed by atoms with Crippen LogP contribution in [0.1, 0.15) is 42.4 Å². The van der Waals surface area contributed by atoms with Crippen LogP contribution in [0.3, 0.4) is 0 Å². The number of nitrogens with zero attached hydrogens (tertiary/aromatic N) is 1. The summed E-state index contributed by atoms with van der Waals surface area (Å²) in [5.74, 6) is 0.879. The molecule has 7 heteroatoms. The largest absolute Gasteiger partial charge is 0.497 e. The van der Waals surface area contributed by atoms with Gasteiger partial charge >= 0.3 is 0 Å². The third-order valence-electron chi connectivity index (χ3n) is 4.87. The zero-order valence-corrected chi connectivity index (χ0v) is 15.6. The molecule has 0 saturated carbocycles. The Kier molecular flexibility index (Phi) is 4.02. The SMILES string of the molecule is COc1cc2c(c(C3=NC(C)C(=O)c4[nH]ccc43)c1)OC(C(C)C)C(=O)N2. The normalized spacial score (nSPS) is 21.1. The molecule has 140 valence electrons. The zero-order chi connectivity index (χ0) is 19.3. The van der Waals surface area contributed by atoms with Gasteiger partial charge in [-0.15, -0.1) is 0 Å². The van der Waals surface area contributed by atoms with Crippen molar-refractivity contribution in [1.29, 1.82) is 0 Å². The quantitative estimate of drug-likeness (QED) is 0.872. The van der Waals surface area contributed by atoms with Gasteiger partial charge in [-0.3, -0.25) is 14.6 Å². The van der Waals surface area contributed by atoms with Gasteiger partial charge in [0.05, 0.1) is 24.2 Å². The van der Waals surface area contributed by atoms with Crippen LogP contribution in [0, 0.1) is 5.92 Å². The van der Waals surface area contributed by atoms with Crippen molar-refractivity contribution in [3.8, 4) is 11.5 Å². The summed E-state index contributed by atoms with van der Waals surface area (Å²) in [6, 6.07) is 4.87. The summed E-state index contributed by atoms with van der Waals surface area (Å²) < 4.78 is 11.5. The molecule has 2 aliphatic rings. The van der Waals surface area contributed by atoms with Gasteiger partial charge in [-0.2, -0.15) is 0 Å². The van der Waals surface area contributed by atoms with Crippen molar-refractivity contribution in [3.05, 3.63) is 41.2 Å². The summed E-state index contributed by atoms with van der Waals surface area (Å²) in [5, 5.41) is 2.91. The smallest absolute Gasteiger partial charge is 0.265 e. The van der Waals surface area contributed by atoms with E-state index in [-0.39, 0.29) is 17.6 Å². The first-order valence-electron chi connectivity index (χ1n) is 8.90. The molecule has 7 nitrogen and oxygen atoms in total. The number of fused-ring (bicyclic) bond motifs is 2. The van der Waals surface area contributed by atoms with E-state index in [0.717, 1.165) is 5.56 Å². The predicted octanol–water partition coefficient (Wildman–Crippen LogP) is 2.80. The summed E-state index contributed by atoms with van der Waals surface area (Å²) in [7, 11) is 1.56. The molecule has 0 fully saturated rings. The maximum atomic E-state index is 12.4. The lowest BCUT2D eigenvalue weighted by atomic mass is 9.93. The number of ether oxygens (including phenoxy) is 2. The van der Waals surface area contributed by atoms with E-state index < -0.39 is 12.1 Å². The van der Waals surface area contributed by atoms with Crippen molar-refractivity contribution in [1.82, 2.24) is 4.98 Å². The number of amides is 1. The fraction of sp³-hybridized carbons (Fsp3) is 0.350. The Morgan fingerprint density at radius 3 is 2.70 bits per heavy atom. The number of anilines is 1. The number of hydrogen-bond acceptors (Lipinski definition) is 5. The molecule has 2 unspecified atom stereocenters. The van der Waals surface area contributed by atoms with Crippen molar-refractivity contribution >= 4 is 23.1 Å². The Labute approximate surface area is 156 Å². The van der Waals surface area contributed by atoms with Gasteiger partial charge in [-0.05, 0) is 25.0 Å². The average Bonchev–Trinajstić information content (AvgIpc) is 3.13. The molecular weight excluding hydrogens is 346 g/mol. The fourth-order valence-electron chi connectivity index (χ4n) is 3.46. The lowest BCUT2D eigenvalue weighted by Gasteiger charge is -2.31. The molecule has 4 rings (SSSR count). The first kappa shape index (κ1) is 17.3. The fourth-order valence-corrected chi connectivity index (χ4v) is 3.46. The summed E-state index contributed by atoms with van der Waals surface area (Å²) in [6.45, 7) is 5.63. The Hall–Kier alpha value is -3.09. The first-order chi connectivity index (χ1) is 12.9. The van der Waals surface area contributed by atoms with Crippen molar-refractivity contribution in [2.45, 2.75) is 32.9 Å². The monoisotopic (exact) mass is 367 g/mol. The number of methoxy groups -OCH3 is 1. The lowest BCUT2D eigenvalue weighted by Crippen LogP contribution is -2.41. The number of Topliss-reactive ketones (excluding diaryl/α,β-unsaturated/α-hetero) is 1. The van der Waals surface area contributed by atoms with Gasteiger partial charge < -0.3 is 19.8 Å². The van der Waals surface area contributed by atoms with Crippen LogP contribution in [-0.4, -0.2) is 41.6 Å². The van der Waals surface area contributed by atoms with Crippen LogP contribution in [0.15, 0.2) is 29.4 Å². The van der Waals surface area contributed by atoms with Gasteiger partial charge in [0.1, 0.15) is 11.8 Å². The number of carbonyl (C=O) groups is 2. The molecule has 2 aromatic rings. The molecule has 1 aromatic carbocycles. The maximum Gasteiger partial charge on any atom is 0.265 e. The second-order valence-electron chi connectivity index (χ2n) is 7.11. The Morgan fingerprint density at radius 1 is 1.22 bits per heavy atom. The number of rotatable bonds is 3. The molecule has 0 aliphatic carbocycles. The number of ketones is 1. The molecule has 0 bridgehead atoms. The topological polar surface area (TPSA) is 92.8 Å². The third-order valence-corrected chi connectivity index (χ3v) is 4.87. The molecular formula is C20H21N3O4. The minimum absolute atomic E-state index is 0.00437. The van der Waals surface area contributed by atoms with Gasteiger partial charge in [0.25, 0.3) is 5.91 Å². The average molecular weight is 367 g/mol. The van der Waals surface area contributed by atoms with E-state index in [9.17, 15) is 9.59 Å². The molecule has 0 radical (unpaired) electrons. The number of aromatic amines is 1. The van der Waals surface area contributed by atoms with E-state index >= 15 is 0 Å². The third kappa shape index (κ3) is 2.70. The van der Waals surface area contributed by atoms with Crippen molar-refractivity contribution in [2.24, 2.45) is 10.9 Å². The highest BCUT2D eigenvalue weighted by Crippen LogP contribution is 2.40. The number of H-pyrrole nitrogens is 1. The lowest BCUT2D eigenvalue weighted by molar-refractivity contribution is -0.125. The minimum Gasteiger partial charge on any atom is -0.497 e. The summed E-state index contributed by atoms with van der Waals surface area (Å²) >= 11 is 0. The minimum atomic E-state index is -0.599. The van der Waals surface area contributed by atoms with Crippen LogP contribution in [-0.2, 0) is 4.79 Å². The van der Waals surface area contributed by atoms with Crippen molar-refractivity contribution in [2.75, 3.05) is 12.4 Å². The van der Waals surface area contributed by atoms with E-state index in [1.165, 1.54) is 0 Å². The second kappa shape index (κ2) is 6.26. The zero-order valence-electron chi connectivity index (χ0n) is 15.6. The Morgan fingerprint density at radius 2 is 2.00 bits per heavy atom. The predicted molar refractivity (Wildman–Crippen MR) is 101 cm³/mol. The number of hydrogen-bond donors (Lipinski definition) is 2. The van der Waals surface area contributed by atoms with E-state index in [0.29, 0.717) is 34.2 Å². The van der Waals surface area contributed by atoms with Crippen LogP contribution in [0.25, 0.3) is 0 Å². The highest BCUT2D eigenvalue weighted by molar-refractivity contribution is 6.24. The Balaban J connectivity index is 1.92. The van der Waals surface area contributed by atoms with Gasteiger partial charge in [-0.1, -0.05) is 13.8 Å². The molecule has 2 N–H and O–H groups in total. The number of benzene rings is 1. The first-order valence-corrected chi connectivity index (χ1v) is 8.90. The van der Waals surface area contributed by atoms with Crippen LogP contribution in [0.5, 0.6) is 11.5 Å². The van der Waals surface area contributed by atoms with E-state index in [2.05, 4.69) is 15.3 Å². The van der Waals surface area contributed by atoms with E-state index in [4.69, 9.17) is 9.47 Å². The van der Waals surface area contributed by atoms with Gasteiger partial charge in [0, 0.05) is 23.4 Å². The van der Waals surface area contributed by atoms with Crippen LogP contribution >= 0.6 is 0 Å². The molecule has 3 heterocycles. The van der Waals surface area contributed by atoms with Crippen LogP contribution < -0.4 is 14.8 Å². The van der Waals surface area contributed by atoms with Crippen LogP contribution in [0.4, 0.5) is 5.69 Å². The van der Waals surface area contributed by atoms with E-state index in [1.807, 2.05) is 26.0 Å². The molecule has 0 saturated heterocycles. The van der Waals surface area contributed by atoms with Crippen molar-refractivity contribution in [3.63, 3.8) is 0 Å². The summed E-state index contributed by atoms with van der Waals surface area (Å²) in [4.78, 5) is 32.4. The maximum absolute atomic E-state index is 12.4. The standard InChI is InChI=1S/C20H21N3O4/c1-9(2)18-20(25)23-14-8-11(26-4)7-13(19(14)27-18)15-12-5-6-21-16(12)17(24)10(3)22-15/h5-10,18,21H,1-4H3,(H,23,25). The van der Waals surface area contributed by atoms with Gasteiger partial charge in [-0.25, -0.2) is 0 Å².